The third-order valence-corrected chi connectivity index (χ3v) is 4.14. The van der Waals surface area contributed by atoms with Crippen LogP contribution in [-0.4, -0.2) is 36.0 Å². The van der Waals surface area contributed by atoms with E-state index in [1.807, 2.05) is 11.8 Å². The Hall–Kier alpha value is -1.23. The van der Waals surface area contributed by atoms with E-state index in [2.05, 4.69) is 15.6 Å². The molecule has 4 nitrogen and oxygen atoms in total. The molecule has 1 saturated heterocycles. The van der Waals surface area contributed by atoms with Crippen molar-refractivity contribution in [3.8, 4) is 0 Å². The number of aromatic nitrogens is 1. The number of carbonyl (C=O) groups excluding carboxylic acids is 1. The summed E-state index contributed by atoms with van der Waals surface area (Å²) >= 11 is 1.96. The average molecular weight is 251 g/mol. The van der Waals surface area contributed by atoms with Gasteiger partial charge in [0.1, 0.15) is 0 Å². The number of thioether (sulfide) groups is 1. The molecule has 0 aromatic carbocycles. The fraction of sp³-hybridized carbons (Fsp3) is 0.500. The molecule has 0 bridgehead atoms. The maximum absolute atomic E-state index is 12.0. The number of nitrogens with one attached hydrogen (secondary N) is 2. The number of hydrogen-bond donors (Lipinski definition) is 2. The predicted octanol–water partition coefficient (Wildman–Crippen LogP) is 1.61. The highest BCUT2D eigenvalue weighted by atomic mass is 32.2. The molecule has 0 radical (unpaired) electrons. The van der Waals surface area contributed by atoms with Crippen LogP contribution in [0.3, 0.4) is 0 Å². The molecule has 0 spiro atoms. The quantitative estimate of drug-likeness (QED) is 0.853. The SMILES string of the molecule is CNc1cnccc1C(=O)NCC1CCSC1. The number of carbonyl (C=O) groups is 1. The largest absolute Gasteiger partial charge is 0.386 e. The van der Waals surface area contributed by atoms with Crippen LogP contribution >= 0.6 is 11.8 Å². The first-order valence-electron chi connectivity index (χ1n) is 5.79. The molecule has 1 aromatic rings. The van der Waals surface area contributed by atoms with Crippen molar-refractivity contribution in [3.05, 3.63) is 24.0 Å². The first-order chi connectivity index (χ1) is 8.31. The van der Waals surface area contributed by atoms with Gasteiger partial charge in [-0.05, 0) is 29.9 Å². The van der Waals surface area contributed by atoms with E-state index in [-0.39, 0.29) is 5.91 Å². The highest BCUT2D eigenvalue weighted by molar-refractivity contribution is 7.99. The molecule has 1 atom stereocenters. The van der Waals surface area contributed by atoms with Crippen LogP contribution < -0.4 is 10.6 Å². The first kappa shape index (κ1) is 12.2. The lowest BCUT2D eigenvalue weighted by Gasteiger charge is -2.12. The Morgan fingerprint density at radius 3 is 3.24 bits per heavy atom. The van der Waals surface area contributed by atoms with E-state index in [1.54, 1.807) is 25.5 Å². The average Bonchev–Trinajstić information content (AvgIpc) is 2.89. The molecule has 1 aromatic heterocycles. The number of nitrogens with zero attached hydrogens (tertiary/aromatic N) is 1. The van der Waals surface area contributed by atoms with Crippen molar-refractivity contribution in [3.63, 3.8) is 0 Å². The maximum Gasteiger partial charge on any atom is 0.253 e. The lowest BCUT2D eigenvalue weighted by atomic mass is 10.1. The van der Waals surface area contributed by atoms with E-state index < -0.39 is 0 Å². The van der Waals surface area contributed by atoms with Crippen LogP contribution in [0.2, 0.25) is 0 Å². The third-order valence-electron chi connectivity index (χ3n) is 2.91. The summed E-state index contributed by atoms with van der Waals surface area (Å²) in [5, 5.41) is 5.97. The lowest BCUT2D eigenvalue weighted by Crippen LogP contribution is -2.29. The van der Waals surface area contributed by atoms with Gasteiger partial charge in [0.25, 0.3) is 5.91 Å². The van der Waals surface area contributed by atoms with Crippen LogP contribution in [0.25, 0.3) is 0 Å². The van der Waals surface area contributed by atoms with Gasteiger partial charge in [0.05, 0.1) is 17.4 Å². The summed E-state index contributed by atoms with van der Waals surface area (Å²) in [5.74, 6) is 2.99. The van der Waals surface area contributed by atoms with E-state index in [0.717, 1.165) is 18.0 Å². The van der Waals surface area contributed by atoms with E-state index in [1.165, 1.54) is 12.2 Å². The Kier molecular flexibility index (Phi) is 4.25. The predicted molar refractivity (Wildman–Crippen MR) is 71.5 cm³/mol. The second-order valence-electron chi connectivity index (χ2n) is 4.11. The highest BCUT2D eigenvalue weighted by Crippen LogP contribution is 2.22. The lowest BCUT2D eigenvalue weighted by molar-refractivity contribution is 0.0949. The molecule has 1 amide bonds. The molecule has 1 aliphatic rings. The fourth-order valence-electron chi connectivity index (χ4n) is 1.87. The Morgan fingerprint density at radius 1 is 1.65 bits per heavy atom. The van der Waals surface area contributed by atoms with Crippen molar-refractivity contribution in [2.45, 2.75) is 6.42 Å². The van der Waals surface area contributed by atoms with Gasteiger partial charge in [-0.3, -0.25) is 9.78 Å². The van der Waals surface area contributed by atoms with E-state index in [4.69, 9.17) is 0 Å². The van der Waals surface area contributed by atoms with Gasteiger partial charge < -0.3 is 10.6 Å². The molecule has 2 heterocycles. The third kappa shape index (κ3) is 3.12. The van der Waals surface area contributed by atoms with Gasteiger partial charge in [0.15, 0.2) is 0 Å². The van der Waals surface area contributed by atoms with Gasteiger partial charge in [-0.15, -0.1) is 0 Å². The van der Waals surface area contributed by atoms with Crippen molar-refractivity contribution in [1.29, 1.82) is 0 Å². The standard InChI is InChI=1S/C12H17N3OS/c1-13-11-7-14-4-2-10(11)12(16)15-6-9-3-5-17-8-9/h2,4,7,9,13H,3,5-6,8H2,1H3,(H,15,16). The van der Waals surface area contributed by atoms with Gasteiger partial charge in [-0.1, -0.05) is 0 Å². The second kappa shape index (κ2) is 5.91. The number of rotatable bonds is 4. The van der Waals surface area contributed by atoms with Crippen molar-refractivity contribution < 1.29 is 4.79 Å². The zero-order chi connectivity index (χ0) is 12.1. The monoisotopic (exact) mass is 251 g/mol. The van der Waals surface area contributed by atoms with Crippen LogP contribution in [0.1, 0.15) is 16.8 Å². The molecule has 92 valence electrons. The summed E-state index contributed by atoms with van der Waals surface area (Å²) in [4.78, 5) is 16.0. The molecule has 2 N–H and O–H groups in total. The maximum atomic E-state index is 12.0. The highest BCUT2D eigenvalue weighted by Gasteiger charge is 2.17. The summed E-state index contributed by atoms with van der Waals surface area (Å²) in [6.07, 6.45) is 4.52. The second-order valence-corrected chi connectivity index (χ2v) is 5.26. The van der Waals surface area contributed by atoms with Crippen molar-refractivity contribution in [2.24, 2.45) is 5.92 Å². The van der Waals surface area contributed by atoms with Crippen LogP contribution in [0.5, 0.6) is 0 Å². The molecular formula is C12H17N3OS. The minimum atomic E-state index is -0.0198. The summed E-state index contributed by atoms with van der Waals surface area (Å²) in [7, 11) is 1.79. The Morgan fingerprint density at radius 2 is 2.53 bits per heavy atom. The molecule has 1 unspecified atom stereocenters. The van der Waals surface area contributed by atoms with Crippen molar-refractivity contribution >= 4 is 23.4 Å². The topological polar surface area (TPSA) is 54.0 Å². The summed E-state index contributed by atoms with van der Waals surface area (Å²) < 4.78 is 0. The van der Waals surface area contributed by atoms with Gasteiger partial charge >= 0.3 is 0 Å². The molecule has 2 rings (SSSR count). The van der Waals surface area contributed by atoms with Crippen molar-refractivity contribution in [2.75, 3.05) is 30.4 Å². The van der Waals surface area contributed by atoms with Crippen LogP contribution in [0.15, 0.2) is 18.5 Å². The molecule has 17 heavy (non-hydrogen) atoms. The number of pyridine rings is 1. The molecule has 1 aliphatic heterocycles. The first-order valence-corrected chi connectivity index (χ1v) is 6.94. The summed E-state index contributed by atoms with van der Waals surface area (Å²) in [5.41, 5.74) is 1.43. The fourth-order valence-corrected chi connectivity index (χ4v) is 3.15. The summed E-state index contributed by atoms with van der Waals surface area (Å²) in [6.45, 7) is 0.775. The van der Waals surface area contributed by atoms with E-state index in [9.17, 15) is 4.79 Å². The van der Waals surface area contributed by atoms with Gasteiger partial charge in [0.2, 0.25) is 0 Å². The zero-order valence-electron chi connectivity index (χ0n) is 9.90. The normalized spacial score (nSPS) is 19.0. The van der Waals surface area contributed by atoms with E-state index in [0.29, 0.717) is 11.5 Å². The molecule has 0 saturated carbocycles. The Bertz CT molecular complexity index is 391. The Labute approximate surface area is 106 Å². The molecule has 0 aliphatic carbocycles. The van der Waals surface area contributed by atoms with Gasteiger partial charge in [-0.25, -0.2) is 0 Å². The van der Waals surface area contributed by atoms with Crippen LogP contribution in [0.4, 0.5) is 5.69 Å². The molecule has 1 fully saturated rings. The molecule has 5 heteroatoms. The molecular weight excluding hydrogens is 234 g/mol. The number of hydrogen-bond acceptors (Lipinski definition) is 4. The van der Waals surface area contributed by atoms with Gasteiger partial charge in [0, 0.05) is 19.8 Å². The van der Waals surface area contributed by atoms with Crippen LogP contribution in [0, 0.1) is 5.92 Å². The van der Waals surface area contributed by atoms with Crippen LogP contribution in [-0.2, 0) is 0 Å². The van der Waals surface area contributed by atoms with Crippen molar-refractivity contribution in [1.82, 2.24) is 10.3 Å². The Balaban J connectivity index is 1.94. The zero-order valence-corrected chi connectivity index (χ0v) is 10.7. The number of anilines is 1. The summed E-state index contributed by atoms with van der Waals surface area (Å²) in [6, 6.07) is 1.74. The van der Waals surface area contributed by atoms with Gasteiger partial charge in [-0.2, -0.15) is 11.8 Å². The minimum Gasteiger partial charge on any atom is -0.386 e. The minimum absolute atomic E-state index is 0.0198. The number of amides is 1. The van der Waals surface area contributed by atoms with E-state index >= 15 is 0 Å². The smallest absolute Gasteiger partial charge is 0.253 e.